The van der Waals surface area contributed by atoms with Gasteiger partial charge in [0.05, 0.1) is 0 Å². The average molecular weight is 382 g/mol. The first-order valence-electron chi connectivity index (χ1n) is 7.88. The van der Waals surface area contributed by atoms with E-state index in [-0.39, 0.29) is 5.91 Å². The Morgan fingerprint density at radius 2 is 1.88 bits per heavy atom. The number of carbonyl (C=O) groups excluding carboxylic acids is 1. The molecule has 0 aliphatic carbocycles. The predicted octanol–water partition coefficient (Wildman–Crippen LogP) is 5.28. The summed E-state index contributed by atoms with van der Waals surface area (Å²) in [5.74, 6) is 1.77. The number of amides is 1. The van der Waals surface area contributed by atoms with E-state index in [1.807, 2.05) is 12.1 Å². The second-order valence-electron chi connectivity index (χ2n) is 5.62. The van der Waals surface area contributed by atoms with Crippen molar-refractivity contribution in [3.63, 3.8) is 0 Å². The lowest BCUT2D eigenvalue weighted by atomic mass is 10.1. The summed E-state index contributed by atoms with van der Waals surface area (Å²) in [5, 5.41) is 4.30. The van der Waals surface area contributed by atoms with Gasteiger partial charge in [-0.2, -0.15) is 11.8 Å². The number of aryl methyl sites for hydroxylation is 2. The van der Waals surface area contributed by atoms with Gasteiger partial charge in [0.1, 0.15) is 0 Å². The molecule has 2 nitrogen and oxygen atoms in total. The third-order valence-electron chi connectivity index (χ3n) is 3.60. The van der Waals surface area contributed by atoms with Crippen molar-refractivity contribution in [2.24, 2.45) is 0 Å². The van der Waals surface area contributed by atoms with Crippen LogP contribution in [0.25, 0.3) is 0 Å². The Morgan fingerprint density at radius 3 is 2.58 bits per heavy atom. The summed E-state index contributed by atoms with van der Waals surface area (Å²) < 4.78 is 0. The molecule has 128 valence electrons. The molecule has 0 bridgehead atoms. The van der Waals surface area contributed by atoms with Gasteiger partial charge in [0.15, 0.2) is 0 Å². The zero-order valence-electron chi connectivity index (χ0n) is 13.6. The van der Waals surface area contributed by atoms with Crippen molar-refractivity contribution in [3.05, 3.63) is 69.2 Å². The van der Waals surface area contributed by atoms with Crippen LogP contribution in [0, 0.1) is 6.92 Å². The molecule has 0 unspecified atom stereocenters. The van der Waals surface area contributed by atoms with Crippen molar-refractivity contribution in [1.29, 1.82) is 0 Å². The number of benzene rings is 2. The SMILES string of the molecule is Cc1ccc(CCC(=O)NCCSCc2ccc(Cl)cc2Cl)cc1. The third kappa shape index (κ3) is 6.76. The highest BCUT2D eigenvalue weighted by molar-refractivity contribution is 7.98. The van der Waals surface area contributed by atoms with Crippen LogP contribution in [0.1, 0.15) is 23.1 Å². The third-order valence-corrected chi connectivity index (χ3v) is 5.20. The quantitative estimate of drug-likeness (QED) is 0.629. The summed E-state index contributed by atoms with van der Waals surface area (Å²) >= 11 is 13.8. The molecule has 5 heteroatoms. The predicted molar refractivity (Wildman–Crippen MR) is 105 cm³/mol. The maximum Gasteiger partial charge on any atom is 0.220 e. The molecule has 1 N–H and O–H groups in total. The zero-order valence-corrected chi connectivity index (χ0v) is 16.0. The van der Waals surface area contributed by atoms with Gasteiger partial charge in [0.25, 0.3) is 0 Å². The van der Waals surface area contributed by atoms with E-state index in [1.54, 1.807) is 17.8 Å². The molecule has 0 aliphatic heterocycles. The zero-order chi connectivity index (χ0) is 17.4. The first kappa shape index (κ1) is 19.2. The van der Waals surface area contributed by atoms with E-state index < -0.39 is 0 Å². The van der Waals surface area contributed by atoms with Crippen LogP contribution in [0.5, 0.6) is 0 Å². The lowest BCUT2D eigenvalue weighted by Gasteiger charge is -2.07. The van der Waals surface area contributed by atoms with Crippen molar-refractivity contribution < 1.29 is 4.79 Å². The number of halogens is 2. The number of rotatable bonds is 8. The highest BCUT2D eigenvalue weighted by Crippen LogP contribution is 2.24. The summed E-state index contributed by atoms with van der Waals surface area (Å²) in [4.78, 5) is 11.9. The smallest absolute Gasteiger partial charge is 0.220 e. The normalized spacial score (nSPS) is 10.6. The molecule has 0 fully saturated rings. The molecule has 0 atom stereocenters. The van der Waals surface area contributed by atoms with Gasteiger partial charge in [0.2, 0.25) is 5.91 Å². The highest BCUT2D eigenvalue weighted by atomic mass is 35.5. The molecular weight excluding hydrogens is 361 g/mol. The highest BCUT2D eigenvalue weighted by Gasteiger charge is 2.04. The molecule has 0 spiro atoms. The van der Waals surface area contributed by atoms with E-state index in [9.17, 15) is 4.79 Å². The van der Waals surface area contributed by atoms with E-state index >= 15 is 0 Å². The minimum absolute atomic E-state index is 0.0979. The molecule has 2 aromatic rings. The molecule has 1 amide bonds. The largest absolute Gasteiger partial charge is 0.355 e. The van der Waals surface area contributed by atoms with Crippen molar-refractivity contribution in [2.75, 3.05) is 12.3 Å². The topological polar surface area (TPSA) is 29.1 Å². The monoisotopic (exact) mass is 381 g/mol. The summed E-state index contributed by atoms with van der Waals surface area (Å²) in [7, 11) is 0. The van der Waals surface area contributed by atoms with E-state index in [1.165, 1.54) is 11.1 Å². The minimum atomic E-state index is 0.0979. The molecule has 0 saturated carbocycles. The lowest BCUT2D eigenvalue weighted by Crippen LogP contribution is -2.25. The van der Waals surface area contributed by atoms with Crippen molar-refractivity contribution in [3.8, 4) is 0 Å². The van der Waals surface area contributed by atoms with Gasteiger partial charge in [0, 0.05) is 34.5 Å². The Bertz CT molecular complexity index is 674. The Labute approximate surface area is 157 Å². The Morgan fingerprint density at radius 1 is 1.12 bits per heavy atom. The lowest BCUT2D eigenvalue weighted by molar-refractivity contribution is -0.120. The fourth-order valence-electron chi connectivity index (χ4n) is 2.18. The number of nitrogens with one attached hydrogen (secondary N) is 1. The van der Waals surface area contributed by atoms with E-state index in [2.05, 4.69) is 36.5 Å². The van der Waals surface area contributed by atoms with Crippen LogP contribution in [0.3, 0.4) is 0 Å². The van der Waals surface area contributed by atoms with Crippen molar-refractivity contribution in [1.82, 2.24) is 5.32 Å². The average Bonchev–Trinajstić information content (AvgIpc) is 2.56. The molecule has 2 rings (SSSR count). The minimum Gasteiger partial charge on any atom is -0.355 e. The molecular formula is C19H21Cl2NOS. The maximum absolute atomic E-state index is 11.9. The molecule has 24 heavy (non-hydrogen) atoms. The summed E-state index contributed by atoms with van der Waals surface area (Å²) in [6.07, 6.45) is 1.30. The van der Waals surface area contributed by atoms with Gasteiger partial charge in [-0.25, -0.2) is 0 Å². The molecule has 0 heterocycles. The number of hydrogen-bond donors (Lipinski definition) is 1. The van der Waals surface area contributed by atoms with Gasteiger partial charge in [-0.15, -0.1) is 0 Å². The summed E-state index contributed by atoms with van der Waals surface area (Å²) in [5.41, 5.74) is 3.50. The number of carbonyl (C=O) groups is 1. The van der Waals surface area contributed by atoms with Crippen LogP contribution >= 0.6 is 35.0 Å². The first-order chi connectivity index (χ1) is 11.5. The molecule has 0 aliphatic rings. The Kier molecular flexibility index (Phi) is 7.97. The van der Waals surface area contributed by atoms with E-state index in [0.717, 1.165) is 23.5 Å². The standard InChI is InChI=1S/C19H21Cl2NOS/c1-14-2-4-15(5-3-14)6-9-19(23)22-10-11-24-13-16-7-8-17(20)12-18(16)21/h2-5,7-8,12H,6,9-11,13H2,1H3,(H,22,23). The maximum atomic E-state index is 11.9. The van der Waals surface area contributed by atoms with Gasteiger partial charge in [-0.05, 0) is 36.6 Å². The fraction of sp³-hybridized carbons (Fsp3) is 0.316. The van der Waals surface area contributed by atoms with Crippen LogP contribution < -0.4 is 5.32 Å². The van der Waals surface area contributed by atoms with Gasteiger partial charge in [-0.1, -0.05) is 59.1 Å². The van der Waals surface area contributed by atoms with Gasteiger partial charge >= 0.3 is 0 Å². The summed E-state index contributed by atoms with van der Waals surface area (Å²) in [6, 6.07) is 13.8. The number of hydrogen-bond acceptors (Lipinski definition) is 2. The van der Waals surface area contributed by atoms with Crippen LogP contribution in [0.15, 0.2) is 42.5 Å². The summed E-state index contributed by atoms with van der Waals surface area (Å²) in [6.45, 7) is 2.73. The number of thioether (sulfide) groups is 1. The van der Waals surface area contributed by atoms with Crippen molar-refractivity contribution >= 4 is 40.9 Å². The molecule has 0 radical (unpaired) electrons. The van der Waals surface area contributed by atoms with Crippen molar-refractivity contribution in [2.45, 2.75) is 25.5 Å². The molecule has 2 aromatic carbocycles. The van der Waals surface area contributed by atoms with Crippen LogP contribution in [0.2, 0.25) is 10.0 Å². The molecule has 0 aromatic heterocycles. The first-order valence-corrected chi connectivity index (χ1v) is 9.79. The Hall–Kier alpha value is -1.16. The van der Waals surface area contributed by atoms with Crippen LogP contribution in [-0.2, 0) is 17.0 Å². The Balaban J connectivity index is 1.60. The van der Waals surface area contributed by atoms with E-state index in [0.29, 0.717) is 23.0 Å². The second-order valence-corrected chi connectivity index (χ2v) is 7.57. The van der Waals surface area contributed by atoms with Gasteiger partial charge in [-0.3, -0.25) is 4.79 Å². The molecule has 0 saturated heterocycles. The van der Waals surface area contributed by atoms with Crippen LogP contribution in [0.4, 0.5) is 0 Å². The fourth-order valence-corrected chi connectivity index (χ4v) is 3.60. The second kappa shape index (κ2) is 9.97. The van der Waals surface area contributed by atoms with Gasteiger partial charge < -0.3 is 5.32 Å². The van der Waals surface area contributed by atoms with Crippen LogP contribution in [-0.4, -0.2) is 18.2 Å². The van der Waals surface area contributed by atoms with E-state index in [4.69, 9.17) is 23.2 Å².